The number of ketones is 2. The second kappa shape index (κ2) is 13.9. The first-order valence-electron chi connectivity index (χ1n) is 19.5. The fourth-order valence-corrected chi connectivity index (χ4v) is 8.33. The summed E-state index contributed by atoms with van der Waals surface area (Å²) in [4.78, 5) is 135. The third-order valence-corrected chi connectivity index (χ3v) is 11.8. The summed E-state index contributed by atoms with van der Waals surface area (Å²) in [5, 5.41) is 0. The fraction of sp³-hybridized carbons (Fsp3) is 0.0612. The van der Waals surface area contributed by atoms with Crippen molar-refractivity contribution in [3.05, 3.63) is 199 Å². The minimum absolute atomic E-state index is 0.0516. The van der Waals surface area contributed by atoms with E-state index in [1.54, 1.807) is 48.5 Å². The van der Waals surface area contributed by atoms with Gasteiger partial charge in [0.1, 0.15) is 0 Å². The molecule has 0 atom stereocenters. The maximum Gasteiger partial charge on any atom is 0.266 e. The quantitative estimate of drug-likeness (QED) is 0.134. The van der Waals surface area contributed by atoms with Crippen LogP contribution in [0.3, 0.4) is 0 Å². The lowest BCUT2D eigenvalue weighted by atomic mass is 9.96. The zero-order valence-corrected chi connectivity index (χ0v) is 33.1. The first kappa shape index (κ1) is 38.4. The van der Waals surface area contributed by atoms with E-state index in [0.717, 1.165) is 30.7 Å². The zero-order chi connectivity index (χ0) is 44.2. The van der Waals surface area contributed by atoms with Gasteiger partial charge in [-0.25, -0.2) is 9.80 Å². The number of hydrogen-bond acceptors (Lipinski definition) is 10. The number of hydrogen-bond donors (Lipinski definition) is 0. The Kier molecular flexibility index (Phi) is 8.47. The van der Waals surface area contributed by atoms with E-state index in [9.17, 15) is 47.9 Å². The number of amides is 8. The maximum absolute atomic E-state index is 13.6. The van der Waals surface area contributed by atoms with Crippen LogP contribution in [0.5, 0.6) is 0 Å². The minimum Gasteiger partial charge on any atom is -0.289 e. The average molecular weight is 833 g/mol. The Morgan fingerprint density at radius 3 is 0.905 bits per heavy atom. The van der Waals surface area contributed by atoms with Gasteiger partial charge in [-0.15, -0.1) is 0 Å². The third kappa shape index (κ3) is 5.80. The second-order valence-corrected chi connectivity index (χ2v) is 15.4. The Morgan fingerprint density at radius 2 is 0.587 bits per heavy atom. The van der Waals surface area contributed by atoms with E-state index in [1.807, 2.05) is 0 Å². The molecule has 4 heterocycles. The van der Waals surface area contributed by atoms with Crippen LogP contribution in [0, 0.1) is 0 Å². The molecule has 4 aliphatic heterocycles. The van der Waals surface area contributed by atoms with E-state index in [4.69, 9.17) is 0 Å². The van der Waals surface area contributed by atoms with Crippen LogP contribution in [0.1, 0.15) is 126 Å². The van der Waals surface area contributed by atoms with Gasteiger partial charge in [0.15, 0.2) is 11.6 Å². The van der Waals surface area contributed by atoms with Crippen molar-refractivity contribution in [3.63, 3.8) is 0 Å². The number of rotatable bonds is 8. The van der Waals surface area contributed by atoms with E-state index in [0.29, 0.717) is 17.8 Å². The zero-order valence-electron chi connectivity index (χ0n) is 33.1. The van der Waals surface area contributed by atoms with Gasteiger partial charge in [-0.05, 0) is 90.3 Å². The van der Waals surface area contributed by atoms with Gasteiger partial charge in [0, 0.05) is 36.3 Å². The number of imide groups is 4. The molecule has 0 spiro atoms. The first-order valence-corrected chi connectivity index (χ1v) is 19.5. The Bertz CT molecular complexity index is 3010. The molecule has 0 saturated carbocycles. The summed E-state index contributed by atoms with van der Waals surface area (Å²) < 4.78 is 0. The lowest BCUT2D eigenvalue weighted by Gasteiger charge is -2.15. The molecule has 0 saturated heterocycles. The van der Waals surface area contributed by atoms with E-state index < -0.39 is 58.8 Å². The molecule has 0 aromatic heterocycles. The van der Waals surface area contributed by atoms with Crippen LogP contribution in [0.2, 0.25) is 0 Å². The Labute approximate surface area is 356 Å². The van der Waals surface area contributed by atoms with Crippen LogP contribution >= 0.6 is 0 Å². The summed E-state index contributed by atoms with van der Waals surface area (Å²) in [5.41, 5.74) is 3.87. The summed E-state index contributed by atoms with van der Waals surface area (Å²) in [5.74, 6) is -5.25. The van der Waals surface area contributed by atoms with Crippen LogP contribution in [0.4, 0.5) is 11.4 Å². The summed E-state index contributed by atoms with van der Waals surface area (Å²) in [6.45, 7) is 0. The van der Waals surface area contributed by atoms with E-state index in [-0.39, 0.29) is 66.8 Å². The molecule has 6 aromatic rings. The molecule has 6 aromatic carbocycles. The topological polar surface area (TPSA) is 184 Å². The summed E-state index contributed by atoms with van der Waals surface area (Å²) in [6, 6.07) is 30.5. The number of fused-ring (bicyclic) bond motifs is 4. The number of carbonyl (C=O) groups is 10. The lowest BCUT2D eigenvalue weighted by molar-refractivity contribution is 0.0677. The van der Waals surface area contributed by atoms with Gasteiger partial charge in [-0.1, -0.05) is 48.5 Å². The van der Waals surface area contributed by atoms with Crippen LogP contribution in [-0.2, 0) is 6.42 Å². The van der Waals surface area contributed by atoms with Crippen LogP contribution in [0.15, 0.2) is 121 Å². The van der Waals surface area contributed by atoms with E-state index in [2.05, 4.69) is 0 Å². The lowest BCUT2D eigenvalue weighted by Crippen LogP contribution is -2.29. The fourth-order valence-electron chi connectivity index (χ4n) is 8.33. The van der Waals surface area contributed by atoms with E-state index in [1.165, 1.54) is 86.9 Å². The van der Waals surface area contributed by atoms with Gasteiger partial charge < -0.3 is 0 Å². The standard InChI is InChI=1S/C49H28N4O10/c1-50-42(56)32-15-7-26(20-36(32)44(50)58)40(54)28-9-17-34-38(22-28)48(62)52(46(34)60)30-11-3-24(4-12-30)19-25-5-13-31(14-6-25)53-47(61)35-18-10-29(23-39(35)49(53)63)41(55)27-8-16-33-37(21-27)45(59)51(2)43(33)57/h3-18,20-23H,19H2,1-2H3. The van der Waals surface area contributed by atoms with Gasteiger partial charge in [0.05, 0.1) is 55.9 Å². The van der Waals surface area contributed by atoms with Gasteiger partial charge in [-0.3, -0.25) is 57.7 Å². The molecule has 14 heteroatoms. The molecule has 0 N–H and O–H groups in total. The van der Waals surface area contributed by atoms with Crippen molar-refractivity contribution in [2.75, 3.05) is 23.9 Å². The number of carbonyl (C=O) groups excluding carboxylic acids is 10. The molecule has 63 heavy (non-hydrogen) atoms. The molecule has 304 valence electrons. The molecule has 0 unspecified atom stereocenters. The molecule has 0 fully saturated rings. The Hall–Kier alpha value is -8.78. The largest absolute Gasteiger partial charge is 0.289 e. The Morgan fingerprint density at radius 1 is 0.333 bits per heavy atom. The van der Waals surface area contributed by atoms with Crippen molar-refractivity contribution in [1.29, 1.82) is 0 Å². The summed E-state index contributed by atoms with van der Waals surface area (Å²) in [7, 11) is 2.72. The molecule has 0 aliphatic carbocycles. The highest BCUT2D eigenvalue weighted by atomic mass is 16.2. The minimum atomic E-state index is -0.607. The van der Waals surface area contributed by atoms with Gasteiger partial charge in [0.25, 0.3) is 47.3 Å². The molecule has 8 amide bonds. The predicted molar refractivity (Wildman–Crippen MR) is 223 cm³/mol. The first-order chi connectivity index (χ1) is 30.2. The highest BCUT2D eigenvalue weighted by Gasteiger charge is 2.40. The van der Waals surface area contributed by atoms with Gasteiger partial charge in [0.2, 0.25) is 0 Å². The van der Waals surface area contributed by atoms with Crippen molar-refractivity contribution >= 4 is 70.2 Å². The van der Waals surface area contributed by atoms with Crippen molar-refractivity contribution in [2.45, 2.75) is 6.42 Å². The molecule has 0 radical (unpaired) electrons. The highest BCUT2D eigenvalue weighted by Crippen LogP contribution is 2.33. The van der Waals surface area contributed by atoms with Crippen LogP contribution in [-0.4, -0.2) is 82.7 Å². The monoisotopic (exact) mass is 832 g/mol. The van der Waals surface area contributed by atoms with Crippen LogP contribution in [0.25, 0.3) is 0 Å². The van der Waals surface area contributed by atoms with Crippen molar-refractivity contribution in [1.82, 2.24) is 9.80 Å². The molecular weight excluding hydrogens is 805 g/mol. The number of nitrogens with zero attached hydrogens (tertiary/aromatic N) is 4. The van der Waals surface area contributed by atoms with Crippen LogP contribution < -0.4 is 9.80 Å². The molecule has 10 rings (SSSR count). The number of anilines is 2. The smallest absolute Gasteiger partial charge is 0.266 e. The molecule has 14 nitrogen and oxygen atoms in total. The molecule has 4 aliphatic rings. The number of benzene rings is 6. The Balaban J connectivity index is 0.809. The molecular formula is C49H28N4O10. The molecule has 0 bridgehead atoms. The van der Waals surface area contributed by atoms with Gasteiger partial charge >= 0.3 is 0 Å². The average Bonchev–Trinajstić information content (AvgIpc) is 3.88. The summed E-state index contributed by atoms with van der Waals surface area (Å²) in [6.07, 6.45) is 0.430. The SMILES string of the molecule is CN1C(=O)c2ccc(C(=O)c3ccc4c(c3)C(=O)N(c3ccc(Cc5ccc(N6C(=O)c7ccc(C(=O)c8ccc9c(c8)C(=O)N(C)C9=O)cc7C6=O)cc5)cc3)C4=O)cc2C1=O. The van der Waals surface area contributed by atoms with Crippen molar-refractivity contribution < 1.29 is 47.9 Å². The normalized spacial score (nSPS) is 15.1. The maximum atomic E-state index is 13.6. The third-order valence-electron chi connectivity index (χ3n) is 11.8. The summed E-state index contributed by atoms with van der Waals surface area (Å²) >= 11 is 0. The van der Waals surface area contributed by atoms with Gasteiger partial charge in [-0.2, -0.15) is 0 Å². The van der Waals surface area contributed by atoms with Crippen molar-refractivity contribution in [3.8, 4) is 0 Å². The highest BCUT2D eigenvalue weighted by molar-refractivity contribution is 6.36. The predicted octanol–water partition coefficient (Wildman–Crippen LogP) is 5.79. The second-order valence-electron chi connectivity index (χ2n) is 15.4. The van der Waals surface area contributed by atoms with Crippen molar-refractivity contribution in [2.24, 2.45) is 0 Å². The van der Waals surface area contributed by atoms with E-state index >= 15 is 0 Å².